The molecule has 1 aromatic carbocycles. The molecule has 1 saturated heterocycles. The first-order valence-electron chi connectivity index (χ1n) is 8.53. The minimum atomic E-state index is -0.593. The average Bonchev–Trinajstić information content (AvgIpc) is 2.59. The normalized spacial score (nSPS) is 17.2. The Morgan fingerprint density at radius 1 is 1.48 bits per heavy atom. The lowest BCUT2D eigenvalue weighted by Crippen LogP contribution is -2.47. The largest absolute Gasteiger partial charge is 0.490 e. The molecule has 0 N–H and O–H groups in total. The van der Waals surface area contributed by atoms with E-state index in [0.29, 0.717) is 13.0 Å². The average molecular weight is 345 g/mol. The van der Waals surface area contributed by atoms with E-state index in [2.05, 4.69) is 0 Å². The quantitative estimate of drug-likeness (QED) is 0.582. The zero-order chi connectivity index (χ0) is 18.4. The highest BCUT2D eigenvalue weighted by Crippen LogP contribution is 2.28. The second-order valence-corrected chi connectivity index (χ2v) is 6.66. The van der Waals surface area contributed by atoms with Gasteiger partial charge in [0, 0.05) is 19.0 Å². The number of amides is 1. The van der Waals surface area contributed by atoms with E-state index >= 15 is 0 Å². The summed E-state index contributed by atoms with van der Waals surface area (Å²) in [5, 5.41) is 20.3. The topological polar surface area (TPSA) is 96.5 Å². The molecule has 0 radical (unpaired) electrons. The molecular weight excluding hydrogens is 322 g/mol. The number of nitro benzene ring substituents is 1. The Morgan fingerprint density at radius 3 is 2.88 bits per heavy atom. The lowest BCUT2D eigenvalue weighted by molar-refractivity contribution is -0.385. The van der Waals surface area contributed by atoms with Gasteiger partial charge in [-0.15, -0.1) is 0 Å². The van der Waals surface area contributed by atoms with Crippen molar-refractivity contribution < 1.29 is 14.5 Å². The summed E-state index contributed by atoms with van der Waals surface area (Å²) in [6, 6.07) is 6.11. The summed E-state index contributed by atoms with van der Waals surface area (Å²) < 4.78 is 5.72. The predicted molar refractivity (Wildman–Crippen MR) is 92.1 cm³/mol. The van der Waals surface area contributed by atoms with Gasteiger partial charge in [-0.25, -0.2) is 0 Å². The van der Waals surface area contributed by atoms with Crippen LogP contribution in [0.2, 0.25) is 0 Å². The fraction of sp³-hybridized carbons (Fsp3) is 0.556. The van der Waals surface area contributed by atoms with Gasteiger partial charge in [-0.3, -0.25) is 14.9 Å². The van der Waals surface area contributed by atoms with Crippen LogP contribution in [-0.2, 0) is 4.79 Å². The van der Waals surface area contributed by atoms with Gasteiger partial charge in [0.1, 0.15) is 18.4 Å². The molecule has 1 heterocycles. The van der Waals surface area contributed by atoms with E-state index in [1.807, 2.05) is 24.8 Å². The summed E-state index contributed by atoms with van der Waals surface area (Å²) in [4.78, 5) is 24.7. The predicted octanol–water partition coefficient (Wildman–Crippen LogP) is 3.27. The molecule has 1 aromatic rings. The number of hydrogen-bond donors (Lipinski definition) is 0. The van der Waals surface area contributed by atoms with E-state index in [-0.39, 0.29) is 41.5 Å². The maximum atomic E-state index is 12.4. The molecule has 0 aliphatic carbocycles. The molecule has 0 bridgehead atoms. The monoisotopic (exact) mass is 345 g/mol. The molecule has 134 valence electrons. The van der Waals surface area contributed by atoms with Gasteiger partial charge < -0.3 is 9.64 Å². The lowest BCUT2D eigenvalue weighted by atomic mass is 10.0. The van der Waals surface area contributed by atoms with Gasteiger partial charge in [-0.2, -0.15) is 5.26 Å². The highest BCUT2D eigenvalue weighted by molar-refractivity contribution is 5.76. The van der Waals surface area contributed by atoms with E-state index in [9.17, 15) is 20.2 Å². The first-order valence-corrected chi connectivity index (χ1v) is 8.53. The molecule has 0 saturated carbocycles. The van der Waals surface area contributed by atoms with E-state index in [1.54, 1.807) is 6.07 Å². The Kier molecular flexibility index (Phi) is 6.34. The Morgan fingerprint density at radius 2 is 2.24 bits per heavy atom. The van der Waals surface area contributed by atoms with E-state index in [4.69, 9.17) is 4.74 Å². The maximum Gasteiger partial charge on any atom is 0.290 e. The van der Waals surface area contributed by atoms with Crippen molar-refractivity contribution >= 4 is 11.6 Å². The summed E-state index contributed by atoms with van der Waals surface area (Å²) in [7, 11) is 0. The van der Waals surface area contributed by atoms with Gasteiger partial charge in [0.2, 0.25) is 5.91 Å². The Bertz CT molecular complexity index is 681. The van der Waals surface area contributed by atoms with Gasteiger partial charge in [-0.1, -0.05) is 19.9 Å². The Labute approximate surface area is 147 Å². The van der Waals surface area contributed by atoms with Crippen molar-refractivity contribution in [1.82, 2.24) is 4.90 Å². The first kappa shape index (κ1) is 18.7. The number of piperidine rings is 1. The molecule has 7 nitrogen and oxygen atoms in total. The number of carbonyl (C=O) groups excluding carboxylic acids is 1. The van der Waals surface area contributed by atoms with Gasteiger partial charge in [0.05, 0.1) is 11.0 Å². The van der Waals surface area contributed by atoms with Crippen molar-refractivity contribution in [1.29, 1.82) is 5.26 Å². The molecule has 1 aliphatic heterocycles. The number of nitriles is 1. The highest BCUT2D eigenvalue weighted by atomic mass is 16.6. The van der Waals surface area contributed by atoms with Crippen LogP contribution in [0.3, 0.4) is 0 Å². The standard InChI is InChI=1S/C18H23N3O4/c1-13(2)10-18(22)20-9-4-3-6-14(20)12-25-17-8-5-7-16(21(23)24)15(17)11-19/h5,7-8,13-14H,3-4,6,9-10,12H2,1-2H3/t14-/m0/s1. The van der Waals surface area contributed by atoms with Crippen LogP contribution in [-0.4, -0.2) is 34.9 Å². The van der Waals surface area contributed by atoms with Crippen LogP contribution in [0, 0.1) is 27.4 Å². The number of hydrogen-bond acceptors (Lipinski definition) is 5. The molecule has 1 atom stereocenters. The third kappa shape index (κ3) is 4.69. The van der Waals surface area contributed by atoms with Crippen molar-refractivity contribution in [2.75, 3.05) is 13.2 Å². The zero-order valence-corrected chi connectivity index (χ0v) is 14.6. The number of nitro groups is 1. The zero-order valence-electron chi connectivity index (χ0n) is 14.6. The minimum absolute atomic E-state index is 0.0641. The van der Waals surface area contributed by atoms with Crippen LogP contribution < -0.4 is 4.74 Å². The fourth-order valence-corrected chi connectivity index (χ4v) is 3.06. The summed E-state index contributed by atoms with van der Waals surface area (Å²) >= 11 is 0. The molecule has 25 heavy (non-hydrogen) atoms. The summed E-state index contributed by atoms with van der Waals surface area (Å²) in [6.07, 6.45) is 3.32. The molecule has 7 heteroatoms. The number of nitrogens with zero attached hydrogens (tertiary/aromatic N) is 3. The first-order chi connectivity index (χ1) is 11.9. The van der Waals surface area contributed by atoms with Crippen LogP contribution in [0.15, 0.2) is 18.2 Å². The number of ether oxygens (including phenoxy) is 1. The second kappa shape index (κ2) is 8.47. The number of likely N-dealkylation sites (tertiary alicyclic amines) is 1. The van der Waals surface area contributed by atoms with Crippen LogP contribution in [0.4, 0.5) is 5.69 Å². The molecule has 1 fully saturated rings. The van der Waals surface area contributed by atoms with Crippen molar-refractivity contribution in [3.8, 4) is 11.8 Å². The maximum absolute atomic E-state index is 12.4. The smallest absolute Gasteiger partial charge is 0.290 e. The molecule has 1 amide bonds. The highest BCUT2D eigenvalue weighted by Gasteiger charge is 2.28. The third-order valence-corrected chi connectivity index (χ3v) is 4.27. The van der Waals surface area contributed by atoms with Gasteiger partial charge in [0.15, 0.2) is 5.56 Å². The third-order valence-electron chi connectivity index (χ3n) is 4.27. The number of carbonyl (C=O) groups is 1. The van der Waals surface area contributed by atoms with Crippen molar-refractivity contribution in [2.45, 2.75) is 45.6 Å². The SMILES string of the molecule is CC(C)CC(=O)N1CCCC[C@H]1COc1cccc([N+](=O)[O-])c1C#N. The second-order valence-electron chi connectivity index (χ2n) is 6.66. The number of benzene rings is 1. The Balaban J connectivity index is 2.11. The fourth-order valence-electron chi connectivity index (χ4n) is 3.06. The summed E-state index contributed by atoms with van der Waals surface area (Å²) in [5.74, 6) is 0.597. The van der Waals surface area contributed by atoms with Crippen molar-refractivity contribution in [3.05, 3.63) is 33.9 Å². The number of rotatable bonds is 6. The molecular formula is C18H23N3O4. The van der Waals surface area contributed by atoms with E-state index < -0.39 is 4.92 Å². The minimum Gasteiger partial charge on any atom is -0.490 e. The molecule has 1 aliphatic rings. The summed E-state index contributed by atoms with van der Waals surface area (Å²) in [6.45, 7) is 4.96. The van der Waals surface area contributed by atoms with E-state index in [1.165, 1.54) is 12.1 Å². The van der Waals surface area contributed by atoms with Gasteiger partial charge in [0.25, 0.3) is 5.69 Å². The van der Waals surface area contributed by atoms with Crippen LogP contribution in [0.5, 0.6) is 5.75 Å². The van der Waals surface area contributed by atoms with E-state index in [0.717, 1.165) is 19.3 Å². The van der Waals surface area contributed by atoms with Crippen LogP contribution >= 0.6 is 0 Å². The van der Waals surface area contributed by atoms with Crippen molar-refractivity contribution in [2.24, 2.45) is 5.92 Å². The van der Waals surface area contributed by atoms with Crippen molar-refractivity contribution in [3.63, 3.8) is 0 Å². The Hall–Kier alpha value is -2.62. The molecule has 2 rings (SSSR count). The molecule has 0 spiro atoms. The van der Waals surface area contributed by atoms with Gasteiger partial charge in [-0.05, 0) is 31.2 Å². The molecule has 0 unspecified atom stereocenters. The lowest BCUT2D eigenvalue weighted by Gasteiger charge is -2.36. The molecule has 0 aromatic heterocycles. The van der Waals surface area contributed by atoms with Crippen LogP contribution in [0.1, 0.15) is 45.1 Å². The van der Waals surface area contributed by atoms with Crippen LogP contribution in [0.25, 0.3) is 0 Å². The summed E-state index contributed by atoms with van der Waals surface area (Å²) in [5.41, 5.74) is -0.347. The van der Waals surface area contributed by atoms with Gasteiger partial charge >= 0.3 is 0 Å².